The smallest absolute Gasteiger partial charge is 0.130 e. The van der Waals surface area contributed by atoms with Crippen LogP contribution in [0.5, 0.6) is 0 Å². The van der Waals surface area contributed by atoms with Gasteiger partial charge in [0.25, 0.3) is 0 Å². The fourth-order valence-electron chi connectivity index (χ4n) is 2.15. The Bertz CT molecular complexity index is 601. The number of halogens is 1. The van der Waals surface area contributed by atoms with Crippen LogP contribution in [0, 0.1) is 12.7 Å². The molecule has 4 nitrogen and oxygen atoms in total. The van der Waals surface area contributed by atoms with Crippen molar-refractivity contribution in [3.05, 3.63) is 53.2 Å². The summed E-state index contributed by atoms with van der Waals surface area (Å²) in [5, 5.41) is 13.5. The summed E-state index contributed by atoms with van der Waals surface area (Å²) in [6.07, 6.45) is 0.0818. The van der Waals surface area contributed by atoms with Gasteiger partial charge in [-0.15, -0.1) is 0 Å². The molecule has 0 saturated heterocycles. The first-order valence-corrected chi connectivity index (χ1v) is 7.04. The van der Waals surface area contributed by atoms with Crippen molar-refractivity contribution in [3.63, 3.8) is 0 Å². The van der Waals surface area contributed by atoms with Gasteiger partial charge in [0, 0.05) is 11.8 Å². The molecule has 2 atom stereocenters. The third-order valence-electron chi connectivity index (χ3n) is 3.31. The standard InChI is InChI=1S/C16H20FN3O/c1-4-14-9-15(20-11(3)19-14)18-10(2)16(21)12-5-7-13(17)8-6-12/h5-10,16,21H,4H2,1-3H3,(H,18,19,20). The van der Waals surface area contributed by atoms with E-state index in [1.165, 1.54) is 12.1 Å². The normalized spacial score (nSPS) is 13.8. The molecule has 0 aliphatic carbocycles. The maximum Gasteiger partial charge on any atom is 0.130 e. The maximum atomic E-state index is 12.9. The molecule has 5 heteroatoms. The Morgan fingerprint density at radius 2 is 1.90 bits per heavy atom. The van der Waals surface area contributed by atoms with Crippen molar-refractivity contribution < 1.29 is 9.50 Å². The van der Waals surface area contributed by atoms with E-state index in [1.54, 1.807) is 12.1 Å². The number of hydrogen-bond acceptors (Lipinski definition) is 4. The molecule has 2 unspecified atom stereocenters. The van der Waals surface area contributed by atoms with E-state index in [-0.39, 0.29) is 11.9 Å². The zero-order valence-corrected chi connectivity index (χ0v) is 12.5. The molecule has 1 aromatic carbocycles. The van der Waals surface area contributed by atoms with Crippen LogP contribution in [-0.4, -0.2) is 21.1 Å². The van der Waals surface area contributed by atoms with Crippen LogP contribution < -0.4 is 5.32 Å². The van der Waals surface area contributed by atoms with Gasteiger partial charge >= 0.3 is 0 Å². The minimum atomic E-state index is -0.744. The first-order chi connectivity index (χ1) is 9.99. The minimum absolute atomic E-state index is 0.255. The van der Waals surface area contributed by atoms with Crippen molar-refractivity contribution in [2.45, 2.75) is 39.3 Å². The number of aromatic nitrogens is 2. The van der Waals surface area contributed by atoms with Crippen LogP contribution in [-0.2, 0) is 6.42 Å². The Morgan fingerprint density at radius 1 is 1.24 bits per heavy atom. The topological polar surface area (TPSA) is 58.0 Å². The summed E-state index contributed by atoms with van der Waals surface area (Å²) in [6.45, 7) is 5.73. The summed E-state index contributed by atoms with van der Waals surface area (Å²) in [6, 6.07) is 7.47. The molecule has 0 spiro atoms. The lowest BCUT2D eigenvalue weighted by atomic mass is 10.0. The second kappa shape index (κ2) is 6.63. The number of aliphatic hydroxyl groups excluding tert-OH is 1. The summed E-state index contributed by atoms with van der Waals surface area (Å²) in [4.78, 5) is 8.64. The van der Waals surface area contributed by atoms with E-state index >= 15 is 0 Å². The number of hydrogen-bond donors (Lipinski definition) is 2. The average Bonchev–Trinajstić information content (AvgIpc) is 2.46. The second-order valence-corrected chi connectivity index (χ2v) is 5.07. The Labute approximate surface area is 124 Å². The molecule has 1 heterocycles. The third-order valence-corrected chi connectivity index (χ3v) is 3.31. The van der Waals surface area contributed by atoms with Crippen molar-refractivity contribution in [3.8, 4) is 0 Å². The number of aryl methyl sites for hydroxylation is 2. The largest absolute Gasteiger partial charge is 0.386 e. The van der Waals surface area contributed by atoms with Gasteiger partial charge in [-0.05, 0) is 38.0 Å². The molecule has 2 N–H and O–H groups in total. The number of benzene rings is 1. The van der Waals surface area contributed by atoms with Crippen molar-refractivity contribution in [1.82, 2.24) is 9.97 Å². The summed E-state index contributed by atoms with van der Waals surface area (Å²) in [7, 11) is 0. The molecule has 0 aliphatic heterocycles. The van der Waals surface area contributed by atoms with Crippen molar-refractivity contribution >= 4 is 5.82 Å². The van der Waals surface area contributed by atoms with Gasteiger partial charge < -0.3 is 10.4 Å². The Hall–Kier alpha value is -2.01. The lowest BCUT2D eigenvalue weighted by Crippen LogP contribution is -2.25. The highest BCUT2D eigenvalue weighted by Crippen LogP contribution is 2.20. The van der Waals surface area contributed by atoms with Crippen molar-refractivity contribution in [2.24, 2.45) is 0 Å². The molecule has 0 radical (unpaired) electrons. The molecule has 2 rings (SSSR count). The van der Waals surface area contributed by atoms with Crippen LogP contribution in [0.4, 0.5) is 10.2 Å². The van der Waals surface area contributed by atoms with Crippen LogP contribution in [0.1, 0.15) is 37.0 Å². The van der Waals surface area contributed by atoms with Crippen LogP contribution in [0.25, 0.3) is 0 Å². The number of rotatable bonds is 5. The maximum absolute atomic E-state index is 12.9. The first-order valence-electron chi connectivity index (χ1n) is 7.04. The highest BCUT2D eigenvalue weighted by Gasteiger charge is 2.17. The Balaban J connectivity index is 2.11. The quantitative estimate of drug-likeness (QED) is 0.888. The van der Waals surface area contributed by atoms with Crippen LogP contribution in [0.2, 0.25) is 0 Å². The van der Waals surface area contributed by atoms with Crippen LogP contribution in [0.3, 0.4) is 0 Å². The molecule has 0 amide bonds. The van der Waals surface area contributed by atoms with E-state index in [2.05, 4.69) is 15.3 Å². The third kappa shape index (κ3) is 3.98. The van der Waals surface area contributed by atoms with E-state index in [1.807, 2.05) is 26.8 Å². The molecular weight excluding hydrogens is 269 g/mol. The van der Waals surface area contributed by atoms with E-state index in [0.717, 1.165) is 12.1 Å². The van der Waals surface area contributed by atoms with E-state index in [0.29, 0.717) is 17.2 Å². The fourth-order valence-corrected chi connectivity index (χ4v) is 2.15. The molecule has 0 saturated carbocycles. The number of nitrogens with one attached hydrogen (secondary N) is 1. The zero-order chi connectivity index (χ0) is 15.4. The fraction of sp³-hybridized carbons (Fsp3) is 0.375. The zero-order valence-electron chi connectivity index (χ0n) is 12.5. The highest BCUT2D eigenvalue weighted by atomic mass is 19.1. The predicted octanol–water partition coefficient (Wildman–Crippen LogP) is 3.02. The SMILES string of the molecule is CCc1cc(NC(C)C(O)c2ccc(F)cc2)nc(C)n1. The van der Waals surface area contributed by atoms with Gasteiger partial charge in [-0.3, -0.25) is 0 Å². The minimum Gasteiger partial charge on any atom is -0.386 e. The molecule has 1 aromatic heterocycles. The van der Waals surface area contributed by atoms with Gasteiger partial charge in [0.2, 0.25) is 0 Å². The van der Waals surface area contributed by atoms with E-state index < -0.39 is 6.10 Å². The van der Waals surface area contributed by atoms with Gasteiger partial charge in [-0.1, -0.05) is 19.1 Å². The van der Waals surface area contributed by atoms with Crippen molar-refractivity contribution in [1.29, 1.82) is 0 Å². The molecule has 21 heavy (non-hydrogen) atoms. The summed E-state index contributed by atoms with van der Waals surface area (Å²) >= 11 is 0. The van der Waals surface area contributed by atoms with Crippen molar-refractivity contribution in [2.75, 3.05) is 5.32 Å². The van der Waals surface area contributed by atoms with Crippen LogP contribution in [0.15, 0.2) is 30.3 Å². The molecule has 2 aromatic rings. The Morgan fingerprint density at radius 3 is 2.52 bits per heavy atom. The van der Waals surface area contributed by atoms with Gasteiger partial charge in [0.1, 0.15) is 17.5 Å². The lowest BCUT2D eigenvalue weighted by Gasteiger charge is -2.21. The molecule has 112 valence electrons. The summed E-state index contributed by atoms with van der Waals surface area (Å²) < 4.78 is 12.9. The predicted molar refractivity (Wildman–Crippen MR) is 80.6 cm³/mol. The van der Waals surface area contributed by atoms with Gasteiger partial charge in [-0.25, -0.2) is 14.4 Å². The molecule has 0 fully saturated rings. The average molecular weight is 289 g/mol. The molecular formula is C16H20FN3O. The van der Waals surface area contributed by atoms with Crippen LogP contribution >= 0.6 is 0 Å². The summed E-state index contributed by atoms with van der Waals surface area (Å²) in [5.74, 6) is 1.07. The first kappa shape index (κ1) is 15.4. The summed E-state index contributed by atoms with van der Waals surface area (Å²) in [5.41, 5.74) is 1.62. The van der Waals surface area contributed by atoms with Gasteiger partial charge in [0.15, 0.2) is 0 Å². The van der Waals surface area contributed by atoms with Gasteiger partial charge in [0.05, 0.1) is 12.1 Å². The van der Waals surface area contributed by atoms with E-state index in [9.17, 15) is 9.50 Å². The number of aliphatic hydroxyl groups is 1. The van der Waals surface area contributed by atoms with E-state index in [4.69, 9.17) is 0 Å². The molecule has 0 bridgehead atoms. The second-order valence-electron chi connectivity index (χ2n) is 5.07. The van der Waals surface area contributed by atoms with Gasteiger partial charge in [-0.2, -0.15) is 0 Å². The highest BCUT2D eigenvalue weighted by molar-refractivity contribution is 5.38. The number of anilines is 1. The monoisotopic (exact) mass is 289 g/mol. The number of nitrogens with zero attached hydrogens (tertiary/aromatic N) is 2. The lowest BCUT2D eigenvalue weighted by molar-refractivity contribution is 0.160. The molecule has 0 aliphatic rings. The Kier molecular flexibility index (Phi) is 4.85.